The molecule has 0 aromatic heterocycles. The highest BCUT2D eigenvalue weighted by molar-refractivity contribution is 7.99. The van der Waals surface area contributed by atoms with E-state index in [2.05, 4.69) is 5.48 Å². The third-order valence-electron chi connectivity index (χ3n) is 2.15. The zero-order valence-corrected chi connectivity index (χ0v) is 8.86. The van der Waals surface area contributed by atoms with Gasteiger partial charge in [0.1, 0.15) is 0 Å². The van der Waals surface area contributed by atoms with E-state index < -0.39 is 0 Å². The Morgan fingerprint density at radius 2 is 2.23 bits per heavy atom. The minimum atomic E-state index is 0.0266. The molecule has 1 rings (SSSR count). The normalized spacial score (nSPS) is 18.5. The van der Waals surface area contributed by atoms with Crippen molar-refractivity contribution in [1.29, 1.82) is 0 Å². The van der Waals surface area contributed by atoms with Crippen molar-refractivity contribution in [2.24, 2.45) is 5.92 Å². The standard InChI is InChI=1S/C9H17NO2S/c1-2-12-10-9(11)7-8-3-5-13-6-4-8/h8H,2-7H2,1H3,(H,10,11). The molecule has 0 aromatic carbocycles. The molecule has 1 aliphatic heterocycles. The monoisotopic (exact) mass is 203 g/mol. The van der Waals surface area contributed by atoms with Gasteiger partial charge in [-0.3, -0.25) is 9.63 Å². The van der Waals surface area contributed by atoms with Gasteiger partial charge >= 0.3 is 0 Å². The number of carbonyl (C=O) groups excluding carboxylic acids is 1. The van der Waals surface area contributed by atoms with Gasteiger partial charge in [0, 0.05) is 6.42 Å². The molecule has 1 amide bonds. The highest BCUT2D eigenvalue weighted by Gasteiger charge is 2.16. The van der Waals surface area contributed by atoms with Crippen LogP contribution in [0.3, 0.4) is 0 Å². The van der Waals surface area contributed by atoms with Crippen LogP contribution in [0.5, 0.6) is 0 Å². The Bertz CT molecular complexity index is 158. The number of hydrogen-bond donors (Lipinski definition) is 1. The first-order valence-corrected chi connectivity index (χ1v) is 5.96. The number of thioether (sulfide) groups is 1. The summed E-state index contributed by atoms with van der Waals surface area (Å²) >= 11 is 1.98. The molecule has 1 fully saturated rings. The molecular weight excluding hydrogens is 186 g/mol. The van der Waals surface area contributed by atoms with E-state index in [1.807, 2.05) is 18.7 Å². The van der Waals surface area contributed by atoms with Crippen molar-refractivity contribution in [3.63, 3.8) is 0 Å². The quantitative estimate of drug-likeness (QED) is 0.705. The van der Waals surface area contributed by atoms with Gasteiger partial charge in [-0.2, -0.15) is 11.8 Å². The van der Waals surface area contributed by atoms with E-state index >= 15 is 0 Å². The van der Waals surface area contributed by atoms with Gasteiger partial charge < -0.3 is 0 Å². The lowest BCUT2D eigenvalue weighted by atomic mass is 9.99. The fourth-order valence-electron chi connectivity index (χ4n) is 1.41. The molecule has 0 unspecified atom stereocenters. The summed E-state index contributed by atoms with van der Waals surface area (Å²) < 4.78 is 0. The van der Waals surface area contributed by atoms with Crippen LogP contribution < -0.4 is 5.48 Å². The van der Waals surface area contributed by atoms with Gasteiger partial charge in [0.15, 0.2) is 0 Å². The molecule has 0 bridgehead atoms. The molecule has 0 radical (unpaired) electrons. The number of amides is 1. The zero-order valence-electron chi connectivity index (χ0n) is 8.04. The van der Waals surface area contributed by atoms with Gasteiger partial charge in [-0.05, 0) is 37.2 Å². The first-order valence-electron chi connectivity index (χ1n) is 4.81. The lowest BCUT2D eigenvalue weighted by Gasteiger charge is -2.20. The molecule has 13 heavy (non-hydrogen) atoms. The van der Waals surface area contributed by atoms with Crippen molar-refractivity contribution < 1.29 is 9.63 Å². The maximum atomic E-state index is 11.2. The Kier molecular flexibility index (Phi) is 5.23. The van der Waals surface area contributed by atoms with E-state index in [0.29, 0.717) is 18.9 Å². The van der Waals surface area contributed by atoms with Crippen LogP contribution in [0.2, 0.25) is 0 Å². The van der Waals surface area contributed by atoms with E-state index in [0.717, 1.165) is 0 Å². The number of hydroxylamine groups is 1. The Morgan fingerprint density at radius 3 is 2.85 bits per heavy atom. The Labute approximate surface area is 83.6 Å². The summed E-state index contributed by atoms with van der Waals surface area (Å²) in [5, 5.41) is 0. The van der Waals surface area contributed by atoms with Crippen LogP contribution in [0.15, 0.2) is 0 Å². The molecule has 3 nitrogen and oxygen atoms in total. The topological polar surface area (TPSA) is 38.3 Å². The summed E-state index contributed by atoms with van der Waals surface area (Å²) in [5.74, 6) is 3.00. The highest BCUT2D eigenvalue weighted by Crippen LogP contribution is 2.24. The van der Waals surface area contributed by atoms with E-state index in [-0.39, 0.29) is 5.91 Å². The lowest BCUT2D eigenvalue weighted by molar-refractivity contribution is -0.134. The fraction of sp³-hybridized carbons (Fsp3) is 0.889. The molecule has 0 saturated carbocycles. The van der Waals surface area contributed by atoms with Crippen molar-refractivity contribution in [3.05, 3.63) is 0 Å². The minimum Gasteiger partial charge on any atom is -0.274 e. The van der Waals surface area contributed by atoms with Crippen LogP contribution >= 0.6 is 11.8 Å². The van der Waals surface area contributed by atoms with Gasteiger partial charge in [-0.1, -0.05) is 0 Å². The van der Waals surface area contributed by atoms with E-state index in [1.165, 1.54) is 24.3 Å². The summed E-state index contributed by atoms with van der Waals surface area (Å²) in [6, 6.07) is 0. The smallest absolute Gasteiger partial charge is 0.243 e. The van der Waals surface area contributed by atoms with Gasteiger partial charge in [0.25, 0.3) is 0 Å². The first kappa shape index (κ1) is 10.9. The first-order chi connectivity index (χ1) is 6.33. The zero-order chi connectivity index (χ0) is 9.52. The van der Waals surface area contributed by atoms with Crippen molar-refractivity contribution in [2.75, 3.05) is 18.1 Å². The summed E-state index contributed by atoms with van der Waals surface area (Å²) in [6.07, 6.45) is 2.97. The lowest BCUT2D eigenvalue weighted by Crippen LogP contribution is -2.27. The second-order valence-corrected chi connectivity index (χ2v) is 4.44. The van der Waals surface area contributed by atoms with Crippen LogP contribution in [-0.2, 0) is 9.63 Å². The maximum absolute atomic E-state index is 11.2. The predicted molar refractivity (Wildman–Crippen MR) is 54.4 cm³/mol. The second-order valence-electron chi connectivity index (χ2n) is 3.22. The van der Waals surface area contributed by atoms with Gasteiger partial charge in [-0.15, -0.1) is 0 Å². The SMILES string of the molecule is CCONC(=O)CC1CCSCC1. The Morgan fingerprint density at radius 1 is 1.54 bits per heavy atom. The molecule has 0 spiro atoms. The summed E-state index contributed by atoms with van der Waals surface area (Å²) in [4.78, 5) is 16.1. The van der Waals surface area contributed by atoms with Crippen LogP contribution in [-0.4, -0.2) is 24.0 Å². The number of rotatable bonds is 4. The van der Waals surface area contributed by atoms with E-state index in [1.54, 1.807) is 0 Å². The minimum absolute atomic E-state index is 0.0266. The molecular formula is C9H17NO2S. The predicted octanol–water partition coefficient (Wildman–Crippen LogP) is 1.59. The number of nitrogens with one attached hydrogen (secondary N) is 1. The Balaban J connectivity index is 2.11. The largest absolute Gasteiger partial charge is 0.274 e. The third-order valence-corrected chi connectivity index (χ3v) is 3.19. The maximum Gasteiger partial charge on any atom is 0.243 e. The number of hydrogen-bond acceptors (Lipinski definition) is 3. The molecule has 1 heterocycles. The van der Waals surface area contributed by atoms with E-state index in [9.17, 15) is 4.79 Å². The summed E-state index contributed by atoms with van der Waals surface area (Å²) in [5.41, 5.74) is 2.43. The van der Waals surface area contributed by atoms with Gasteiger partial charge in [-0.25, -0.2) is 5.48 Å². The molecule has 1 aliphatic rings. The van der Waals surface area contributed by atoms with Crippen LogP contribution in [0.1, 0.15) is 26.2 Å². The highest BCUT2D eigenvalue weighted by atomic mass is 32.2. The Hall–Kier alpha value is -0.220. The molecule has 1 N–H and O–H groups in total. The van der Waals surface area contributed by atoms with Crippen molar-refractivity contribution in [3.8, 4) is 0 Å². The fourth-order valence-corrected chi connectivity index (χ4v) is 2.61. The van der Waals surface area contributed by atoms with Crippen LogP contribution in [0.25, 0.3) is 0 Å². The summed E-state index contributed by atoms with van der Waals surface area (Å²) in [6.45, 7) is 2.39. The average molecular weight is 203 g/mol. The molecule has 0 aliphatic carbocycles. The van der Waals surface area contributed by atoms with E-state index in [4.69, 9.17) is 4.84 Å². The van der Waals surface area contributed by atoms with Crippen LogP contribution in [0, 0.1) is 5.92 Å². The second kappa shape index (κ2) is 6.27. The van der Waals surface area contributed by atoms with Crippen molar-refractivity contribution >= 4 is 17.7 Å². The average Bonchev–Trinajstić information content (AvgIpc) is 2.16. The molecule has 4 heteroatoms. The number of carbonyl (C=O) groups is 1. The van der Waals surface area contributed by atoms with Crippen molar-refractivity contribution in [2.45, 2.75) is 26.2 Å². The molecule has 1 saturated heterocycles. The van der Waals surface area contributed by atoms with Crippen molar-refractivity contribution in [1.82, 2.24) is 5.48 Å². The molecule has 76 valence electrons. The van der Waals surface area contributed by atoms with Gasteiger partial charge in [0.2, 0.25) is 5.91 Å². The van der Waals surface area contributed by atoms with Gasteiger partial charge in [0.05, 0.1) is 6.61 Å². The van der Waals surface area contributed by atoms with Crippen LogP contribution in [0.4, 0.5) is 0 Å². The summed E-state index contributed by atoms with van der Waals surface area (Å²) in [7, 11) is 0. The molecule has 0 atom stereocenters. The third kappa shape index (κ3) is 4.52. The molecule has 0 aromatic rings.